The third-order valence-electron chi connectivity index (χ3n) is 2.28. The molecule has 19 heavy (non-hydrogen) atoms. The van der Waals surface area contributed by atoms with E-state index < -0.39 is 0 Å². The Kier molecular flexibility index (Phi) is 4.35. The van der Waals surface area contributed by atoms with Crippen molar-refractivity contribution in [2.45, 2.75) is 6.54 Å². The summed E-state index contributed by atoms with van der Waals surface area (Å²) in [6.07, 6.45) is 0. The maximum atomic E-state index is 5.90. The number of hydrogen-bond acceptors (Lipinski definition) is 8. The Bertz CT molecular complexity index is 540. The third-order valence-corrected chi connectivity index (χ3v) is 3.49. The van der Waals surface area contributed by atoms with Crippen molar-refractivity contribution in [1.82, 2.24) is 15.0 Å². The molecule has 0 aromatic carbocycles. The van der Waals surface area contributed by atoms with Crippen molar-refractivity contribution >= 4 is 34.8 Å². The van der Waals surface area contributed by atoms with Crippen molar-refractivity contribution < 1.29 is 4.74 Å². The Morgan fingerprint density at radius 3 is 2.79 bits per heavy atom. The van der Waals surface area contributed by atoms with Gasteiger partial charge in [-0.05, 0) is 12.1 Å². The van der Waals surface area contributed by atoms with Crippen molar-refractivity contribution in [2.75, 3.05) is 24.5 Å². The van der Waals surface area contributed by atoms with Gasteiger partial charge in [-0.2, -0.15) is 15.0 Å². The highest BCUT2D eigenvalue weighted by Gasteiger charge is 2.11. The van der Waals surface area contributed by atoms with Crippen molar-refractivity contribution in [3.05, 3.63) is 21.3 Å². The first-order valence-electron chi connectivity index (χ1n) is 5.34. The van der Waals surface area contributed by atoms with Crippen LogP contribution in [0.1, 0.15) is 4.88 Å². The van der Waals surface area contributed by atoms with Gasteiger partial charge in [-0.15, -0.1) is 11.3 Å². The van der Waals surface area contributed by atoms with Crippen LogP contribution in [0.3, 0.4) is 0 Å². The predicted octanol–water partition coefficient (Wildman–Crippen LogP) is 1.52. The van der Waals surface area contributed by atoms with E-state index in [1.807, 2.05) is 24.1 Å². The van der Waals surface area contributed by atoms with E-state index in [1.54, 1.807) is 0 Å². The van der Waals surface area contributed by atoms with Crippen molar-refractivity contribution in [3.8, 4) is 6.01 Å². The number of anilines is 2. The molecular formula is C10H13ClN6OS. The van der Waals surface area contributed by atoms with E-state index >= 15 is 0 Å². The van der Waals surface area contributed by atoms with Crippen LogP contribution < -0.4 is 20.9 Å². The Morgan fingerprint density at radius 2 is 2.21 bits per heavy atom. The molecule has 0 fully saturated rings. The van der Waals surface area contributed by atoms with Crippen LogP contribution in [-0.4, -0.2) is 29.1 Å². The first-order chi connectivity index (χ1) is 9.12. The molecule has 7 nitrogen and oxygen atoms in total. The van der Waals surface area contributed by atoms with E-state index in [4.69, 9.17) is 22.2 Å². The van der Waals surface area contributed by atoms with Gasteiger partial charge in [0.1, 0.15) is 0 Å². The van der Waals surface area contributed by atoms with Gasteiger partial charge in [-0.1, -0.05) is 11.6 Å². The lowest BCUT2D eigenvalue weighted by Gasteiger charge is -2.16. The zero-order valence-electron chi connectivity index (χ0n) is 10.4. The number of hydrogen-bond donors (Lipinski definition) is 2. The number of ether oxygens (including phenoxy) is 1. The molecule has 0 saturated heterocycles. The summed E-state index contributed by atoms with van der Waals surface area (Å²) in [6.45, 7) is 0.633. The average Bonchev–Trinajstić information content (AvgIpc) is 2.83. The molecule has 2 aromatic rings. The Morgan fingerprint density at radius 1 is 1.42 bits per heavy atom. The lowest BCUT2D eigenvalue weighted by atomic mass is 10.4. The Hall–Kier alpha value is -1.64. The first kappa shape index (κ1) is 13.8. The van der Waals surface area contributed by atoms with Crippen LogP contribution in [0.5, 0.6) is 6.01 Å². The monoisotopic (exact) mass is 300 g/mol. The third kappa shape index (κ3) is 3.43. The Labute approximate surface area is 119 Å². The number of nitrogens with zero attached hydrogens (tertiary/aromatic N) is 4. The van der Waals surface area contributed by atoms with Gasteiger partial charge < -0.3 is 9.64 Å². The summed E-state index contributed by atoms with van der Waals surface area (Å²) in [6, 6.07) is 4.02. The second-order valence-electron chi connectivity index (χ2n) is 3.65. The molecule has 0 aliphatic carbocycles. The highest BCUT2D eigenvalue weighted by atomic mass is 35.5. The highest BCUT2D eigenvalue weighted by molar-refractivity contribution is 7.16. The fraction of sp³-hybridized carbons (Fsp3) is 0.300. The molecule has 0 atom stereocenters. The zero-order chi connectivity index (χ0) is 13.8. The molecule has 2 aromatic heterocycles. The van der Waals surface area contributed by atoms with Gasteiger partial charge in [0.15, 0.2) is 0 Å². The molecule has 0 unspecified atom stereocenters. The van der Waals surface area contributed by atoms with E-state index in [1.165, 1.54) is 18.4 Å². The van der Waals surface area contributed by atoms with Crippen LogP contribution in [-0.2, 0) is 6.54 Å². The van der Waals surface area contributed by atoms with Crippen molar-refractivity contribution in [2.24, 2.45) is 5.84 Å². The number of nitrogens with two attached hydrogens (primary N) is 1. The molecular weight excluding hydrogens is 288 g/mol. The number of nitrogen functional groups attached to an aromatic ring is 1. The van der Waals surface area contributed by atoms with Gasteiger partial charge in [-0.25, -0.2) is 5.84 Å². The van der Waals surface area contributed by atoms with E-state index in [0.29, 0.717) is 12.5 Å². The first-order valence-corrected chi connectivity index (χ1v) is 6.54. The summed E-state index contributed by atoms with van der Waals surface area (Å²) in [4.78, 5) is 15.2. The molecule has 0 radical (unpaired) electrons. The van der Waals surface area contributed by atoms with E-state index in [-0.39, 0.29) is 12.0 Å². The summed E-state index contributed by atoms with van der Waals surface area (Å²) < 4.78 is 5.75. The average molecular weight is 301 g/mol. The Balaban J connectivity index is 2.20. The number of rotatable bonds is 5. The number of halogens is 1. The fourth-order valence-electron chi connectivity index (χ4n) is 1.41. The van der Waals surface area contributed by atoms with Gasteiger partial charge in [0.05, 0.1) is 18.0 Å². The summed E-state index contributed by atoms with van der Waals surface area (Å²) in [5.74, 6) is 6.02. The molecule has 0 bridgehead atoms. The van der Waals surface area contributed by atoms with Crippen molar-refractivity contribution in [3.63, 3.8) is 0 Å². The molecule has 0 aliphatic rings. The van der Waals surface area contributed by atoms with Gasteiger partial charge in [0.25, 0.3) is 0 Å². The van der Waals surface area contributed by atoms with Crippen LogP contribution in [0.4, 0.5) is 11.9 Å². The number of aromatic nitrogens is 3. The van der Waals surface area contributed by atoms with Gasteiger partial charge >= 0.3 is 6.01 Å². The maximum Gasteiger partial charge on any atom is 0.322 e. The molecule has 0 saturated carbocycles. The number of thiophene rings is 1. The normalized spacial score (nSPS) is 10.3. The maximum absolute atomic E-state index is 5.90. The quantitative estimate of drug-likeness (QED) is 0.639. The molecule has 2 heterocycles. The highest BCUT2D eigenvalue weighted by Crippen LogP contribution is 2.23. The summed E-state index contributed by atoms with van der Waals surface area (Å²) in [5, 5.41) is 0. The summed E-state index contributed by atoms with van der Waals surface area (Å²) in [5.41, 5.74) is 2.38. The number of hydrazine groups is 1. The van der Waals surface area contributed by atoms with Crippen LogP contribution >= 0.6 is 22.9 Å². The molecule has 0 amide bonds. The zero-order valence-corrected chi connectivity index (χ0v) is 12.0. The second-order valence-corrected chi connectivity index (χ2v) is 5.45. The van der Waals surface area contributed by atoms with E-state index in [0.717, 1.165) is 9.21 Å². The van der Waals surface area contributed by atoms with Crippen LogP contribution in [0.2, 0.25) is 4.34 Å². The number of methoxy groups -OCH3 is 1. The topological polar surface area (TPSA) is 89.2 Å². The number of nitrogens with one attached hydrogen (secondary N) is 1. The molecule has 3 N–H and O–H groups in total. The lowest BCUT2D eigenvalue weighted by Crippen LogP contribution is -2.21. The van der Waals surface area contributed by atoms with Gasteiger partial charge in [0.2, 0.25) is 11.9 Å². The summed E-state index contributed by atoms with van der Waals surface area (Å²) in [7, 11) is 3.35. The molecule has 102 valence electrons. The summed E-state index contributed by atoms with van der Waals surface area (Å²) >= 11 is 7.41. The van der Waals surface area contributed by atoms with Gasteiger partial charge in [-0.3, -0.25) is 5.43 Å². The fourth-order valence-corrected chi connectivity index (χ4v) is 2.55. The predicted molar refractivity (Wildman–Crippen MR) is 75.6 cm³/mol. The molecule has 2 rings (SSSR count). The second kappa shape index (κ2) is 6.00. The molecule has 0 spiro atoms. The van der Waals surface area contributed by atoms with Crippen LogP contribution in [0.25, 0.3) is 0 Å². The largest absolute Gasteiger partial charge is 0.467 e. The minimum absolute atomic E-state index is 0.203. The van der Waals surface area contributed by atoms with E-state index in [9.17, 15) is 0 Å². The van der Waals surface area contributed by atoms with E-state index in [2.05, 4.69) is 20.4 Å². The molecule has 9 heteroatoms. The minimum Gasteiger partial charge on any atom is -0.467 e. The lowest BCUT2D eigenvalue weighted by molar-refractivity contribution is 0.379. The van der Waals surface area contributed by atoms with Crippen molar-refractivity contribution in [1.29, 1.82) is 0 Å². The minimum atomic E-state index is 0.203. The standard InChI is InChI=1S/C10H13ClN6OS/c1-17(5-6-3-4-7(11)19-6)9-13-8(16-12)14-10(15-9)18-2/h3-4H,5,12H2,1-2H3,(H,13,14,15,16). The SMILES string of the molecule is COc1nc(NN)nc(N(C)Cc2ccc(Cl)s2)n1. The smallest absolute Gasteiger partial charge is 0.322 e. The van der Waals surface area contributed by atoms with Crippen LogP contribution in [0.15, 0.2) is 12.1 Å². The molecule has 0 aliphatic heterocycles. The van der Waals surface area contributed by atoms with Gasteiger partial charge in [0, 0.05) is 11.9 Å². The van der Waals surface area contributed by atoms with Crippen LogP contribution in [0, 0.1) is 0 Å².